The number of nitrogens with one attached hydrogen (secondary N) is 2. The standard InChI is InChI=1S/C21H23N3O4/c25-19(22-15-6-1-2-7-15)20(26)23-16-10-9-14-5-3-11-24(17(14)13-16)21(27)18-8-4-12-28-18/h4,8-10,12-13,15H,1-3,5-7,11H2,(H,22,25)(H,23,26). The van der Waals surface area contributed by atoms with Crippen LogP contribution in [0.2, 0.25) is 0 Å². The summed E-state index contributed by atoms with van der Waals surface area (Å²) in [5, 5.41) is 5.43. The minimum atomic E-state index is -0.688. The molecule has 1 aromatic heterocycles. The van der Waals surface area contributed by atoms with Gasteiger partial charge in [0, 0.05) is 24.0 Å². The molecule has 0 radical (unpaired) electrons. The second-order valence-electron chi connectivity index (χ2n) is 7.29. The van der Waals surface area contributed by atoms with E-state index in [2.05, 4.69) is 10.6 Å². The van der Waals surface area contributed by atoms with Crippen LogP contribution in [0.1, 0.15) is 48.2 Å². The van der Waals surface area contributed by atoms with Crippen LogP contribution >= 0.6 is 0 Å². The first kappa shape index (κ1) is 18.3. The number of nitrogens with zero attached hydrogens (tertiary/aromatic N) is 1. The Kier molecular flexibility index (Phi) is 5.14. The van der Waals surface area contributed by atoms with Gasteiger partial charge in [0.25, 0.3) is 5.91 Å². The van der Waals surface area contributed by atoms with E-state index >= 15 is 0 Å². The Bertz CT molecular complexity index is 885. The molecule has 3 amide bonds. The second-order valence-corrected chi connectivity index (χ2v) is 7.29. The van der Waals surface area contributed by atoms with E-state index in [1.165, 1.54) is 6.26 Å². The molecule has 1 aliphatic carbocycles. The highest BCUT2D eigenvalue weighted by Crippen LogP contribution is 2.31. The quantitative estimate of drug-likeness (QED) is 0.800. The third-order valence-corrected chi connectivity index (χ3v) is 5.34. The van der Waals surface area contributed by atoms with Gasteiger partial charge in [-0.1, -0.05) is 18.9 Å². The molecular formula is C21H23N3O4. The average Bonchev–Trinajstić information content (AvgIpc) is 3.41. The summed E-state index contributed by atoms with van der Waals surface area (Å²) in [5.74, 6) is -1.24. The lowest BCUT2D eigenvalue weighted by Gasteiger charge is -2.29. The van der Waals surface area contributed by atoms with E-state index in [1.807, 2.05) is 6.07 Å². The minimum absolute atomic E-state index is 0.0863. The largest absolute Gasteiger partial charge is 0.459 e. The Balaban J connectivity index is 1.49. The molecule has 4 rings (SSSR count). The summed E-state index contributed by atoms with van der Waals surface area (Å²) < 4.78 is 5.24. The van der Waals surface area contributed by atoms with Crippen molar-refractivity contribution < 1.29 is 18.8 Å². The van der Waals surface area contributed by atoms with E-state index in [9.17, 15) is 14.4 Å². The van der Waals surface area contributed by atoms with E-state index < -0.39 is 11.8 Å². The number of carbonyl (C=O) groups excluding carboxylic acids is 3. The molecule has 0 saturated heterocycles. The van der Waals surface area contributed by atoms with Crippen molar-refractivity contribution in [3.63, 3.8) is 0 Å². The smallest absolute Gasteiger partial charge is 0.313 e. The van der Waals surface area contributed by atoms with Crippen molar-refractivity contribution in [1.29, 1.82) is 0 Å². The molecule has 2 heterocycles. The van der Waals surface area contributed by atoms with Crippen molar-refractivity contribution in [2.45, 2.75) is 44.6 Å². The van der Waals surface area contributed by atoms with Crippen LogP contribution < -0.4 is 15.5 Å². The minimum Gasteiger partial charge on any atom is -0.459 e. The van der Waals surface area contributed by atoms with Gasteiger partial charge in [-0.25, -0.2) is 0 Å². The predicted molar refractivity (Wildman–Crippen MR) is 104 cm³/mol. The lowest BCUT2D eigenvalue weighted by atomic mass is 10.0. The predicted octanol–water partition coefficient (Wildman–Crippen LogP) is 2.87. The van der Waals surface area contributed by atoms with Crippen LogP contribution in [-0.2, 0) is 16.0 Å². The molecule has 0 atom stereocenters. The van der Waals surface area contributed by atoms with Gasteiger partial charge in [-0.15, -0.1) is 0 Å². The van der Waals surface area contributed by atoms with Gasteiger partial charge in [-0.05, 0) is 55.5 Å². The Morgan fingerprint density at radius 3 is 2.61 bits per heavy atom. The molecule has 28 heavy (non-hydrogen) atoms. The number of amides is 3. The van der Waals surface area contributed by atoms with Crippen molar-refractivity contribution in [3.05, 3.63) is 47.9 Å². The Hall–Kier alpha value is -3.09. The number of hydrogen-bond acceptors (Lipinski definition) is 4. The highest BCUT2D eigenvalue weighted by molar-refractivity contribution is 6.39. The lowest BCUT2D eigenvalue weighted by molar-refractivity contribution is -0.136. The number of furan rings is 1. The third kappa shape index (κ3) is 3.78. The SMILES string of the molecule is O=C(Nc1ccc2c(c1)N(C(=O)c1ccco1)CCC2)C(=O)NC1CCCC1. The highest BCUT2D eigenvalue weighted by atomic mass is 16.3. The van der Waals surface area contributed by atoms with Crippen LogP contribution in [0, 0.1) is 0 Å². The number of aryl methyl sites for hydroxylation is 1. The summed E-state index contributed by atoms with van der Waals surface area (Å²) in [6, 6.07) is 8.80. The molecule has 146 valence electrons. The van der Waals surface area contributed by atoms with Crippen LogP contribution in [0.3, 0.4) is 0 Å². The molecule has 1 saturated carbocycles. The van der Waals surface area contributed by atoms with Crippen LogP contribution in [-0.4, -0.2) is 30.3 Å². The van der Waals surface area contributed by atoms with E-state index in [0.29, 0.717) is 12.2 Å². The van der Waals surface area contributed by atoms with Crippen LogP contribution in [0.25, 0.3) is 0 Å². The topological polar surface area (TPSA) is 91.7 Å². The van der Waals surface area contributed by atoms with Crippen LogP contribution in [0.15, 0.2) is 41.0 Å². The Morgan fingerprint density at radius 2 is 1.86 bits per heavy atom. The van der Waals surface area contributed by atoms with Crippen molar-refractivity contribution in [2.24, 2.45) is 0 Å². The summed E-state index contributed by atoms with van der Waals surface area (Å²) in [4.78, 5) is 38.8. The monoisotopic (exact) mass is 381 g/mol. The second kappa shape index (κ2) is 7.88. The van der Waals surface area contributed by atoms with Crippen LogP contribution in [0.5, 0.6) is 0 Å². The molecule has 2 N–H and O–H groups in total. The molecule has 0 unspecified atom stereocenters. The normalized spacial score (nSPS) is 16.5. The molecule has 2 aromatic rings. The fourth-order valence-electron chi connectivity index (χ4n) is 3.91. The van der Waals surface area contributed by atoms with Gasteiger partial charge in [0.1, 0.15) is 0 Å². The first-order chi connectivity index (χ1) is 13.6. The summed E-state index contributed by atoms with van der Waals surface area (Å²) >= 11 is 0. The van der Waals surface area contributed by atoms with Gasteiger partial charge in [0.2, 0.25) is 0 Å². The number of fused-ring (bicyclic) bond motifs is 1. The van der Waals surface area contributed by atoms with Gasteiger partial charge < -0.3 is 20.0 Å². The molecule has 1 fully saturated rings. The van der Waals surface area contributed by atoms with E-state index in [0.717, 1.165) is 49.8 Å². The van der Waals surface area contributed by atoms with Gasteiger partial charge in [0.05, 0.1) is 6.26 Å². The average molecular weight is 381 g/mol. The van der Waals surface area contributed by atoms with Gasteiger partial charge in [-0.2, -0.15) is 0 Å². The maximum Gasteiger partial charge on any atom is 0.313 e. The van der Waals surface area contributed by atoms with Gasteiger partial charge in [-0.3, -0.25) is 14.4 Å². The molecule has 0 bridgehead atoms. The number of carbonyl (C=O) groups is 3. The zero-order valence-electron chi connectivity index (χ0n) is 15.6. The molecule has 2 aliphatic rings. The molecule has 1 aromatic carbocycles. The van der Waals surface area contributed by atoms with Gasteiger partial charge in [0.15, 0.2) is 5.76 Å². The first-order valence-electron chi connectivity index (χ1n) is 9.72. The summed E-state index contributed by atoms with van der Waals surface area (Å²) in [6.45, 7) is 0.575. The van der Waals surface area contributed by atoms with Crippen molar-refractivity contribution in [2.75, 3.05) is 16.8 Å². The highest BCUT2D eigenvalue weighted by Gasteiger charge is 2.26. The first-order valence-corrected chi connectivity index (χ1v) is 9.72. The molecule has 7 nitrogen and oxygen atoms in total. The number of benzene rings is 1. The zero-order valence-corrected chi connectivity index (χ0v) is 15.6. The third-order valence-electron chi connectivity index (χ3n) is 5.34. The molecular weight excluding hydrogens is 358 g/mol. The Labute approximate surface area is 163 Å². The summed E-state index contributed by atoms with van der Waals surface area (Å²) in [7, 11) is 0. The lowest BCUT2D eigenvalue weighted by Crippen LogP contribution is -2.40. The molecule has 0 spiro atoms. The summed E-state index contributed by atoms with van der Waals surface area (Å²) in [6.07, 6.45) is 7.18. The molecule has 7 heteroatoms. The number of rotatable bonds is 3. The maximum atomic E-state index is 12.7. The van der Waals surface area contributed by atoms with Crippen molar-refractivity contribution in [1.82, 2.24) is 5.32 Å². The maximum absolute atomic E-state index is 12.7. The number of hydrogen-bond donors (Lipinski definition) is 2. The van der Waals surface area contributed by atoms with Crippen molar-refractivity contribution >= 4 is 29.1 Å². The van der Waals surface area contributed by atoms with E-state index in [4.69, 9.17) is 4.42 Å². The fourth-order valence-corrected chi connectivity index (χ4v) is 3.91. The van der Waals surface area contributed by atoms with Crippen LogP contribution in [0.4, 0.5) is 11.4 Å². The van der Waals surface area contributed by atoms with E-state index in [-0.39, 0.29) is 17.7 Å². The number of anilines is 2. The van der Waals surface area contributed by atoms with E-state index in [1.54, 1.807) is 29.2 Å². The van der Waals surface area contributed by atoms with Crippen molar-refractivity contribution in [3.8, 4) is 0 Å². The fraction of sp³-hybridized carbons (Fsp3) is 0.381. The Morgan fingerprint density at radius 1 is 1.04 bits per heavy atom. The summed E-state index contributed by atoms with van der Waals surface area (Å²) in [5.41, 5.74) is 2.26. The zero-order chi connectivity index (χ0) is 19.5. The molecule has 1 aliphatic heterocycles. The van der Waals surface area contributed by atoms with Gasteiger partial charge >= 0.3 is 11.8 Å².